The Morgan fingerprint density at radius 1 is 1.26 bits per heavy atom. The van der Waals surface area contributed by atoms with Crippen LogP contribution < -0.4 is 10.6 Å². The fourth-order valence-corrected chi connectivity index (χ4v) is 3.49. The van der Waals surface area contributed by atoms with Gasteiger partial charge in [0.25, 0.3) is 5.91 Å². The van der Waals surface area contributed by atoms with Gasteiger partial charge in [0, 0.05) is 49.5 Å². The van der Waals surface area contributed by atoms with Crippen LogP contribution in [0.15, 0.2) is 36.8 Å². The van der Waals surface area contributed by atoms with Crippen molar-refractivity contribution in [3.63, 3.8) is 0 Å². The minimum Gasteiger partial charge on any atom is -0.373 e. The summed E-state index contributed by atoms with van der Waals surface area (Å²) in [4.78, 5) is 21.6. The molecule has 0 atom stereocenters. The molecule has 5 rings (SSSR count). The van der Waals surface area contributed by atoms with Crippen molar-refractivity contribution in [1.29, 1.82) is 0 Å². The van der Waals surface area contributed by atoms with E-state index in [0.29, 0.717) is 17.3 Å². The van der Waals surface area contributed by atoms with Gasteiger partial charge in [0.1, 0.15) is 17.0 Å². The van der Waals surface area contributed by atoms with Crippen molar-refractivity contribution < 1.29 is 4.79 Å². The first kappa shape index (κ1) is 15.8. The van der Waals surface area contributed by atoms with Crippen molar-refractivity contribution in [2.24, 2.45) is 0 Å². The van der Waals surface area contributed by atoms with Gasteiger partial charge in [-0.2, -0.15) is 9.61 Å². The second-order valence-electron chi connectivity index (χ2n) is 6.71. The van der Waals surface area contributed by atoms with Gasteiger partial charge in [-0.1, -0.05) is 0 Å². The molecule has 1 aliphatic carbocycles. The summed E-state index contributed by atoms with van der Waals surface area (Å²) in [5, 5.41) is 11.2. The first-order valence-corrected chi connectivity index (χ1v) is 8.96. The molecule has 0 aliphatic heterocycles. The van der Waals surface area contributed by atoms with Crippen molar-refractivity contribution in [2.75, 3.05) is 19.4 Å². The zero-order valence-corrected chi connectivity index (χ0v) is 15.1. The van der Waals surface area contributed by atoms with Gasteiger partial charge in [-0.25, -0.2) is 9.97 Å². The summed E-state index contributed by atoms with van der Waals surface area (Å²) >= 11 is 0. The lowest BCUT2D eigenvalue weighted by molar-refractivity contribution is 0.0964. The SMILES string of the molecule is CNC(=O)c1cnn2c(NC)cc(-c3cn(C4CC4)c4ncccc34)nc12. The summed E-state index contributed by atoms with van der Waals surface area (Å²) in [7, 11) is 3.43. The molecule has 4 aromatic rings. The zero-order chi connectivity index (χ0) is 18.5. The molecule has 2 N–H and O–H groups in total. The summed E-state index contributed by atoms with van der Waals surface area (Å²) in [5.74, 6) is 0.556. The molecule has 0 spiro atoms. The molecule has 27 heavy (non-hydrogen) atoms. The summed E-state index contributed by atoms with van der Waals surface area (Å²) in [5.41, 5.74) is 3.73. The fraction of sp³-hybridized carbons (Fsp3) is 0.263. The molecule has 1 amide bonds. The van der Waals surface area contributed by atoms with Gasteiger partial charge < -0.3 is 15.2 Å². The van der Waals surface area contributed by atoms with Crippen LogP contribution in [0.5, 0.6) is 0 Å². The number of carbonyl (C=O) groups excluding carboxylic acids is 1. The molecular weight excluding hydrogens is 342 g/mol. The first-order chi connectivity index (χ1) is 13.2. The van der Waals surface area contributed by atoms with Crippen LogP contribution in [-0.4, -0.2) is 44.2 Å². The lowest BCUT2D eigenvalue weighted by Crippen LogP contribution is -2.17. The molecule has 0 saturated heterocycles. The number of carbonyl (C=O) groups is 1. The smallest absolute Gasteiger partial charge is 0.256 e. The molecule has 4 heterocycles. The van der Waals surface area contributed by atoms with E-state index in [1.165, 1.54) is 12.8 Å². The summed E-state index contributed by atoms with van der Waals surface area (Å²) in [6.45, 7) is 0. The maximum absolute atomic E-state index is 12.2. The van der Waals surface area contributed by atoms with E-state index in [-0.39, 0.29) is 5.91 Å². The number of pyridine rings is 1. The van der Waals surface area contributed by atoms with Crippen LogP contribution in [0.2, 0.25) is 0 Å². The molecule has 0 aromatic carbocycles. The minimum absolute atomic E-state index is 0.209. The molecule has 136 valence electrons. The molecule has 1 aliphatic rings. The molecule has 4 aromatic heterocycles. The number of nitrogens with one attached hydrogen (secondary N) is 2. The van der Waals surface area contributed by atoms with Gasteiger partial charge in [-0.3, -0.25) is 4.79 Å². The second-order valence-corrected chi connectivity index (χ2v) is 6.71. The third kappa shape index (κ3) is 2.37. The Bertz CT molecular complexity index is 1190. The zero-order valence-electron chi connectivity index (χ0n) is 15.1. The molecule has 0 bridgehead atoms. The van der Waals surface area contributed by atoms with Crippen molar-refractivity contribution in [2.45, 2.75) is 18.9 Å². The van der Waals surface area contributed by atoms with E-state index in [1.54, 1.807) is 17.8 Å². The van der Waals surface area contributed by atoms with E-state index in [9.17, 15) is 4.79 Å². The minimum atomic E-state index is -0.209. The van der Waals surface area contributed by atoms with Crippen molar-refractivity contribution in [3.05, 3.63) is 42.4 Å². The molecule has 8 nitrogen and oxygen atoms in total. The standard InChI is InChI=1S/C19H19N7O/c1-20-16-8-15(24-18-13(19(27)21-2)9-23-26(16)18)14-10-25(11-5-6-11)17-12(14)4-3-7-22-17/h3-4,7-11,20H,5-6H2,1-2H3,(H,21,27). The Balaban J connectivity index is 1.78. The van der Waals surface area contributed by atoms with Crippen LogP contribution in [-0.2, 0) is 0 Å². The summed E-state index contributed by atoms with van der Waals surface area (Å²) < 4.78 is 3.89. The number of fused-ring (bicyclic) bond motifs is 2. The van der Waals surface area contributed by atoms with Gasteiger partial charge in [0.2, 0.25) is 0 Å². The largest absolute Gasteiger partial charge is 0.373 e. The third-order valence-electron chi connectivity index (χ3n) is 5.01. The number of hydrogen-bond donors (Lipinski definition) is 2. The normalized spacial score (nSPS) is 14.0. The predicted molar refractivity (Wildman–Crippen MR) is 103 cm³/mol. The quantitative estimate of drug-likeness (QED) is 0.583. The number of rotatable bonds is 4. The monoisotopic (exact) mass is 361 g/mol. The molecule has 0 unspecified atom stereocenters. The highest BCUT2D eigenvalue weighted by molar-refractivity contribution is 6.00. The van der Waals surface area contributed by atoms with Gasteiger partial charge >= 0.3 is 0 Å². The molecule has 0 radical (unpaired) electrons. The Hall–Kier alpha value is -3.42. The molecule has 8 heteroatoms. The lowest BCUT2D eigenvalue weighted by atomic mass is 10.1. The average molecular weight is 361 g/mol. The highest BCUT2D eigenvalue weighted by Crippen LogP contribution is 2.40. The third-order valence-corrected chi connectivity index (χ3v) is 5.01. The summed E-state index contributed by atoms with van der Waals surface area (Å²) in [6, 6.07) is 6.47. The molecular formula is C19H19N7O. The van der Waals surface area contributed by atoms with Crippen LogP contribution in [0.25, 0.3) is 27.9 Å². The second kappa shape index (κ2) is 5.80. The Kier molecular flexibility index (Phi) is 3.40. The van der Waals surface area contributed by atoms with E-state index >= 15 is 0 Å². The Morgan fingerprint density at radius 3 is 2.85 bits per heavy atom. The maximum atomic E-state index is 12.2. The first-order valence-electron chi connectivity index (χ1n) is 8.96. The number of nitrogens with zero attached hydrogens (tertiary/aromatic N) is 5. The number of anilines is 1. The number of amides is 1. The molecule has 1 saturated carbocycles. The van der Waals surface area contributed by atoms with Crippen molar-refractivity contribution >= 4 is 28.4 Å². The van der Waals surface area contributed by atoms with Crippen molar-refractivity contribution in [1.82, 2.24) is 29.5 Å². The van der Waals surface area contributed by atoms with Crippen LogP contribution in [0, 0.1) is 0 Å². The average Bonchev–Trinajstić information content (AvgIpc) is 3.34. The number of aromatic nitrogens is 5. The van der Waals surface area contributed by atoms with E-state index in [4.69, 9.17) is 4.98 Å². The van der Waals surface area contributed by atoms with Crippen LogP contribution in [0.3, 0.4) is 0 Å². The lowest BCUT2D eigenvalue weighted by Gasteiger charge is -2.07. The van der Waals surface area contributed by atoms with Gasteiger partial charge in [0.05, 0.1) is 11.9 Å². The maximum Gasteiger partial charge on any atom is 0.256 e. The van der Waals surface area contributed by atoms with E-state index in [0.717, 1.165) is 28.1 Å². The fourth-order valence-electron chi connectivity index (χ4n) is 3.49. The van der Waals surface area contributed by atoms with E-state index in [2.05, 4.69) is 37.5 Å². The van der Waals surface area contributed by atoms with Gasteiger partial charge in [-0.05, 0) is 25.0 Å². The van der Waals surface area contributed by atoms with Crippen LogP contribution in [0.4, 0.5) is 5.82 Å². The predicted octanol–water partition coefficient (Wildman–Crippen LogP) is 2.48. The van der Waals surface area contributed by atoms with E-state index in [1.807, 2.05) is 25.4 Å². The summed E-state index contributed by atoms with van der Waals surface area (Å²) in [6.07, 6.45) is 7.85. The van der Waals surface area contributed by atoms with Gasteiger partial charge in [0.15, 0.2) is 5.65 Å². The van der Waals surface area contributed by atoms with Crippen molar-refractivity contribution in [3.8, 4) is 11.3 Å². The van der Waals surface area contributed by atoms with E-state index < -0.39 is 0 Å². The highest BCUT2D eigenvalue weighted by atomic mass is 16.1. The van der Waals surface area contributed by atoms with Crippen LogP contribution >= 0.6 is 0 Å². The topological polar surface area (TPSA) is 89.1 Å². The molecule has 1 fully saturated rings. The highest BCUT2D eigenvalue weighted by Gasteiger charge is 2.27. The van der Waals surface area contributed by atoms with Crippen LogP contribution in [0.1, 0.15) is 29.2 Å². The Labute approximate surface area is 155 Å². The van der Waals surface area contributed by atoms with Gasteiger partial charge in [-0.15, -0.1) is 0 Å². The number of hydrogen-bond acceptors (Lipinski definition) is 5. The Morgan fingerprint density at radius 2 is 2.11 bits per heavy atom.